The lowest BCUT2D eigenvalue weighted by atomic mass is 9.93. The van der Waals surface area contributed by atoms with Crippen molar-refractivity contribution in [3.8, 4) is 0 Å². The lowest BCUT2D eigenvalue weighted by Gasteiger charge is -2.30. The highest BCUT2D eigenvalue weighted by atomic mass is 16.4. The minimum Gasteiger partial charge on any atom is -0.480 e. The quantitative estimate of drug-likeness (QED) is 0.745. The summed E-state index contributed by atoms with van der Waals surface area (Å²) in [6.07, 6.45) is 3.16. The number of carbonyl (C=O) groups excluding carboxylic acids is 1. The van der Waals surface area contributed by atoms with E-state index in [0.29, 0.717) is 6.54 Å². The van der Waals surface area contributed by atoms with Crippen LogP contribution in [-0.4, -0.2) is 41.1 Å². The Morgan fingerprint density at radius 1 is 1.44 bits per heavy atom. The Hall–Kier alpha value is -1.26. The minimum atomic E-state index is -0.968. The molecule has 2 N–H and O–H groups in total. The zero-order valence-electron chi connectivity index (χ0n) is 9.90. The molecule has 0 aromatic heterocycles. The molecule has 0 atom stereocenters. The van der Waals surface area contributed by atoms with Crippen LogP contribution >= 0.6 is 0 Å². The van der Waals surface area contributed by atoms with Crippen LogP contribution in [0, 0.1) is 5.92 Å². The summed E-state index contributed by atoms with van der Waals surface area (Å²) >= 11 is 0. The fourth-order valence-corrected chi connectivity index (χ4v) is 1.64. The van der Waals surface area contributed by atoms with Gasteiger partial charge in [0.15, 0.2) is 0 Å². The van der Waals surface area contributed by atoms with Crippen molar-refractivity contribution in [2.45, 2.75) is 39.2 Å². The van der Waals surface area contributed by atoms with Crippen LogP contribution in [0.5, 0.6) is 0 Å². The fourth-order valence-electron chi connectivity index (χ4n) is 1.64. The molecular formula is C11H20N2O3. The van der Waals surface area contributed by atoms with Gasteiger partial charge in [-0.15, -0.1) is 0 Å². The molecule has 16 heavy (non-hydrogen) atoms. The number of carbonyl (C=O) groups is 2. The minimum absolute atomic E-state index is 0.225. The van der Waals surface area contributed by atoms with E-state index in [1.807, 2.05) is 13.8 Å². The van der Waals surface area contributed by atoms with E-state index in [1.54, 1.807) is 0 Å². The molecule has 1 saturated carbocycles. The first-order valence-corrected chi connectivity index (χ1v) is 5.76. The molecule has 5 nitrogen and oxygen atoms in total. The number of nitrogens with zero attached hydrogens (tertiary/aromatic N) is 1. The van der Waals surface area contributed by atoms with Crippen LogP contribution < -0.4 is 5.32 Å². The fraction of sp³-hybridized carbons (Fsp3) is 0.818. The van der Waals surface area contributed by atoms with Crippen LogP contribution in [0.1, 0.15) is 33.1 Å². The predicted octanol–water partition coefficient (Wildman–Crippen LogP) is 1.29. The molecule has 92 valence electrons. The van der Waals surface area contributed by atoms with Gasteiger partial charge in [0.25, 0.3) is 0 Å². The van der Waals surface area contributed by atoms with Gasteiger partial charge in [-0.2, -0.15) is 0 Å². The van der Waals surface area contributed by atoms with Crippen LogP contribution in [-0.2, 0) is 4.79 Å². The Morgan fingerprint density at radius 2 is 2.06 bits per heavy atom. The molecule has 0 radical (unpaired) electrons. The van der Waals surface area contributed by atoms with Crippen molar-refractivity contribution in [1.29, 1.82) is 0 Å². The molecule has 0 spiro atoms. The summed E-state index contributed by atoms with van der Waals surface area (Å²) in [5.74, 6) is -0.698. The number of urea groups is 1. The maximum Gasteiger partial charge on any atom is 0.323 e. The molecule has 0 saturated heterocycles. The lowest BCUT2D eigenvalue weighted by Crippen LogP contribution is -2.49. The Balaban J connectivity index is 2.44. The van der Waals surface area contributed by atoms with E-state index in [9.17, 15) is 9.59 Å². The van der Waals surface area contributed by atoms with E-state index in [1.165, 1.54) is 4.90 Å². The second-order valence-corrected chi connectivity index (χ2v) is 4.75. The topological polar surface area (TPSA) is 69.6 Å². The van der Waals surface area contributed by atoms with Crippen molar-refractivity contribution >= 4 is 12.0 Å². The Morgan fingerprint density at radius 3 is 2.44 bits per heavy atom. The molecule has 0 bridgehead atoms. The van der Waals surface area contributed by atoms with Gasteiger partial charge in [-0.3, -0.25) is 4.79 Å². The number of hydrogen-bond acceptors (Lipinski definition) is 2. The van der Waals surface area contributed by atoms with Crippen LogP contribution in [0.2, 0.25) is 0 Å². The zero-order chi connectivity index (χ0) is 12.1. The van der Waals surface area contributed by atoms with E-state index in [0.717, 1.165) is 19.3 Å². The normalized spacial score (nSPS) is 15.7. The molecule has 0 unspecified atom stereocenters. The van der Waals surface area contributed by atoms with E-state index < -0.39 is 5.97 Å². The zero-order valence-corrected chi connectivity index (χ0v) is 9.90. The Bertz CT molecular complexity index is 262. The third-order valence-electron chi connectivity index (χ3n) is 2.63. The number of aliphatic carboxylic acids is 1. The van der Waals surface area contributed by atoms with Gasteiger partial charge < -0.3 is 15.3 Å². The molecule has 5 heteroatoms. The van der Waals surface area contributed by atoms with Gasteiger partial charge in [0.1, 0.15) is 6.54 Å². The number of amides is 2. The third kappa shape index (κ3) is 4.08. The Kier molecular flexibility index (Phi) is 4.58. The van der Waals surface area contributed by atoms with E-state index in [4.69, 9.17) is 5.11 Å². The first-order chi connectivity index (χ1) is 7.49. The van der Waals surface area contributed by atoms with Gasteiger partial charge in [0, 0.05) is 12.6 Å². The van der Waals surface area contributed by atoms with Gasteiger partial charge in [-0.05, 0) is 25.2 Å². The molecule has 0 heterocycles. The van der Waals surface area contributed by atoms with Crippen LogP contribution in [0.4, 0.5) is 4.79 Å². The van der Waals surface area contributed by atoms with Crippen molar-refractivity contribution in [2.75, 3.05) is 13.1 Å². The first kappa shape index (κ1) is 12.8. The maximum absolute atomic E-state index is 11.8. The van der Waals surface area contributed by atoms with Gasteiger partial charge in [-0.1, -0.05) is 13.8 Å². The maximum atomic E-state index is 11.8. The van der Waals surface area contributed by atoms with Gasteiger partial charge in [0.2, 0.25) is 0 Å². The van der Waals surface area contributed by atoms with Crippen molar-refractivity contribution in [3.05, 3.63) is 0 Å². The lowest BCUT2D eigenvalue weighted by molar-refractivity contribution is -0.137. The summed E-state index contributed by atoms with van der Waals surface area (Å²) in [6, 6.07) is -0.00300. The van der Waals surface area contributed by atoms with E-state index in [-0.39, 0.29) is 24.5 Å². The first-order valence-electron chi connectivity index (χ1n) is 5.76. The van der Waals surface area contributed by atoms with Crippen LogP contribution in [0.25, 0.3) is 0 Å². The number of carboxylic acid groups (broad SMARTS) is 1. The number of rotatable bonds is 5. The summed E-state index contributed by atoms with van der Waals surface area (Å²) in [7, 11) is 0. The predicted molar refractivity (Wildman–Crippen MR) is 60.2 cm³/mol. The van der Waals surface area contributed by atoms with Gasteiger partial charge in [-0.25, -0.2) is 4.79 Å². The number of hydrogen-bond donors (Lipinski definition) is 2. The highest BCUT2D eigenvalue weighted by Crippen LogP contribution is 2.18. The Labute approximate surface area is 95.8 Å². The number of carboxylic acids is 1. The van der Waals surface area contributed by atoms with E-state index in [2.05, 4.69) is 5.32 Å². The second-order valence-electron chi connectivity index (χ2n) is 4.75. The molecule has 2 amide bonds. The van der Waals surface area contributed by atoms with E-state index >= 15 is 0 Å². The van der Waals surface area contributed by atoms with Crippen molar-refractivity contribution in [3.63, 3.8) is 0 Å². The molecule has 1 aliphatic carbocycles. The third-order valence-corrected chi connectivity index (χ3v) is 2.63. The summed E-state index contributed by atoms with van der Waals surface area (Å²) in [5.41, 5.74) is 0. The second kappa shape index (κ2) is 5.72. The number of nitrogens with one attached hydrogen (secondary N) is 1. The summed E-state index contributed by atoms with van der Waals surface area (Å²) < 4.78 is 0. The average Bonchev–Trinajstić information content (AvgIpc) is 2.08. The van der Waals surface area contributed by atoms with Crippen LogP contribution in [0.15, 0.2) is 0 Å². The summed E-state index contributed by atoms with van der Waals surface area (Å²) in [6.45, 7) is 4.18. The monoisotopic (exact) mass is 228 g/mol. The SMILES string of the molecule is CC(C)CN(CC(=O)O)C(=O)NC1CCC1. The van der Waals surface area contributed by atoms with Crippen molar-refractivity contribution < 1.29 is 14.7 Å². The largest absolute Gasteiger partial charge is 0.480 e. The average molecular weight is 228 g/mol. The van der Waals surface area contributed by atoms with Crippen molar-refractivity contribution in [2.24, 2.45) is 5.92 Å². The molecule has 0 aromatic carbocycles. The summed E-state index contributed by atoms with van der Waals surface area (Å²) in [5, 5.41) is 11.6. The smallest absolute Gasteiger partial charge is 0.323 e. The molecular weight excluding hydrogens is 208 g/mol. The standard InChI is InChI=1S/C11H20N2O3/c1-8(2)6-13(7-10(14)15)11(16)12-9-4-3-5-9/h8-9H,3-7H2,1-2H3,(H,12,16)(H,14,15). The van der Waals surface area contributed by atoms with Gasteiger partial charge >= 0.3 is 12.0 Å². The molecule has 1 rings (SSSR count). The highest BCUT2D eigenvalue weighted by Gasteiger charge is 2.24. The molecule has 1 fully saturated rings. The molecule has 0 aliphatic heterocycles. The van der Waals surface area contributed by atoms with Crippen LogP contribution in [0.3, 0.4) is 0 Å². The van der Waals surface area contributed by atoms with Gasteiger partial charge in [0.05, 0.1) is 0 Å². The summed E-state index contributed by atoms with van der Waals surface area (Å²) in [4.78, 5) is 23.8. The highest BCUT2D eigenvalue weighted by molar-refractivity contribution is 5.80. The molecule has 1 aliphatic rings. The van der Waals surface area contributed by atoms with Crippen molar-refractivity contribution in [1.82, 2.24) is 10.2 Å². The molecule has 0 aromatic rings.